The highest BCUT2D eigenvalue weighted by atomic mass is 16.5. The van der Waals surface area contributed by atoms with Gasteiger partial charge in [-0.15, -0.1) is 0 Å². The van der Waals surface area contributed by atoms with E-state index in [4.69, 9.17) is 4.74 Å². The van der Waals surface area contributed by atoms with Crippen LogP contribution in [0.25, 0.3) is 0 Å². The summed E-state index contributed by atoms with van der Waals surface area (Å²) in [6.07, 6.45) is 4.29. The Morgan fingerprint density at radius 1 is 1.35 bits per heavy atom. The van der Waals surface area contributed by atoms with Crippen molar-refractivity contribution in [1.29, 1.82) is 0 Å². The van der Waals surface area contributed by atoms with Crippen molar-refractivity contribution in [3.63, 3.8) is 0 Å². The molecule has 20 heavy (non-hydrogen) atoms. The van der Waals surface area contributed by atoms with Gasteiger partial charge in [0, 0.05) is 19.1 Å². The van der Waals surface area contributed by atoms with Crippen LogP contribution in [0.2, 0.25) is 0 Å². The van der Waals surface area contributed by atoms with E-state index in [1.807, 2.05) is 6.92 Å². The van der Waals surface area contributed by atoms with E-state index in [-0.39, 0.29) is 18.2 Å². The summed E-state index contributed by atoms with van der Waals surface area (Å²) in [6.45, 7) is 3.76. The minimum Gasteiger partial charge on any atom is -0.481 e. The molecule has 1 aliphatic heterocycles. The summed E-state index contributed by atoms with van der Waals surface area (Å²) in [4.78, 5) is 25.2. The van der Waals surface area contributed by atoms with Crippen LogP contribution in [0.15, 0.2) is 0 Å². The third-order valence-corrected chi connectivity index (χ3v) is 4.27. The molecule has 2 fully saturated rings. The van der Waals surface area contributed by atoms with Gasteiger partial charge in [-0.2, -0.15) is 0 Å². The first-order valence-electron chi connectivity index (χ1n) is 7.51. The van der Waals surface area contributed by atoms with Crippen molar-refractivity contribution >= 4 is 12.0 Å². The molecule has 1 saturated carbocycles. The standard InChI is InChI=1S/C14H24N2O4/c1-2-10-9-16(7-8-20-10)14(19)15-12-6-4-3-5-11(12)13(17)18/h10-12H,2-9H2,1H3,(H,15,19)(H,17,18). The second-order valence-electron chi connectivity index (χ2n) is 5.63. The van der Waals surface area contributed by atoms with Crippen molar-refractivity contribution in [2.24, 2.45) is 5.92 Å². The fourth-order valence-electron chi connectivity index (χ4n) is 3.00. The molecular formula is C14H24N2O4. The van der Waals surface area contributed by atoms with E-state index < -0.39 is 11.9 Å². The predicted molar refractivity (Wildman–Crippen MR) is 73.5 cm³/mol. The lowest BCUT2D eigenvalue weighted by Crippen LogP contribution is -2.54. The fraction of sp³-hybridized carbons (Fsp3) is 0.857. The number of rotatable bonds is 3. The third kappa shape index (κ3) is 3.62. The Hall–Kier alpha value is -1.30. The minimum atomic E-state index is -0.802. The highest BCUT2D eigenvalue weighted by Crippen LogP contribution is 2.25. The molecule has 6 heteroatoms. The normalized spacial score (nSPS) is 30.9. The van der Waals surface area contributed by atoms with E-state index in [0.717, 1.165) is 25.7 Å². The van der Waals surface area contributed by atoms with Crippen LogP contribution in [0.3, 0.4) is 0 Å². The van der Waals surface area contributed by atoms with Crippen molar-refractivity contribution < 1.29 is 19.4 Å². The number of amides is 2. The van der Waals surface area contributed by atoms with Crippen LogP contribution in [0.4, 0.5) is 4.79 Å². The molecule has 2 rings (SSSR count). The van der Waals surface area contributed by atoms with E-state index in [1.165, 1.54) is 0 Å². The number of carbonyl (C=O) groups is 2. The zero-order valence-electron chi connectivity index (χ0n) is 12.0. The maximum absolute atomic E-state index is 12.3. The molecule has 2 N–H and O–H groups in total. The Labute approximate surface area is 119 Å². The molecule has 0 bridgehead atoms. The largest absolute Gasteiger partial charge is 0.481 e. The first kappa shape index (κ1) is 15.1. The number of carbonyl (C=O) groups excluding carboxylic acids is 1. The van der Waals surface area contributed by atoms with Gasteiger partial charge in [-0.3, -0.25) is 4.79 Å². The molecule has 1 aliphatic carbocycles. The summed E-state index contributed by atoms with van der Waals surface area (Å²) < 4.78 is 5.54. The summed E-state index contributed by atoms with van der Waals surface area (Å²) >= 11 is 0. The maximum atomic E-state index is 12.3. The summed E-state index contributed by atoms with van der Waals surface area (Å²) in [5.74, 6) is -1.25. The average Bonchev–Trinajstić information content (AvgIpc) is 2.47. The van der Waals surface area contributed by atoms with Crippen LogP contribution in [0.1, 0.15) is 39.0 Å². The van der Waals surface area contributed by atoms with Crippen molar-refractivity contribution in [2.45, 2.75) is 51.2 Å². The second kappa shape index (κ2) is 6.92. The van der Waals surface area contributed by atoms with Gasteiger partial charge < -0.3 is 20.1 Å². The molecular weight excluding hydrogens is 260 g/mol. The summed E-state index contributed by atoms with van der Waals surface area (Å²) in [6, 6.07) is -0.387. The molecule has 0 radical (unpaired) electrons. The number of aliphatic carboxylic acids is 1. The van der Waals surface area contributed by atoms with Gasteiger partial charge in [0.1, 0.15) is 0 Å². The zero-order chi connectivity index (χ0) is 14.5. The van der Waals surface area contributed by atoms with Gasteiger partial charge >= 0.3 is 12.0 Å². The first-order chi connectivity index (χ1) is 9.61. The van der Waals surface area contributed by atoms with Gasteiger partial charge in [-0.1, -0.05) is 19.8 Å². The van der Waals surface area contributed by atoms with E-state index in [1.54, 1.807) is 4.90 Å². The molecule has 3 atom stereocenters. The van der Waals surface area contributed by atoms with E-state index in [0.29, 0.717) is 26.1 Å². The minimum absolute atomic E-state index is 0.0936. The average molecular weight is 284 g/mol. The lowest BCUT2D eigenvalue weighted by molar-refractivity contribution is -0.143. The Morgan fingerprint density at radius 3 is 2.80 bits per heavy atom. The number of carboxylic acid groups (broad SMARTS) is 1. The molecule has 0 aromatic rings. The molecule has 0 spiro atoms. The lowest BCUT2D eigenvalue weighted by Gasteiger charge is -2.35. The monoisotopic (exact) mass is 284 g/mol. The number of nitrogens with zero attached hydrogens (tertiary/aromatic N) is 1. The fourth-order valence-corrected chi connectivity index (χ4v) is 3.00. The number of carboxylic acids is 1. The highest BCUT2D eigenvalue weighted by Gasteiger charge is 2.33. The number of hydrogen-bond acceptors (Lipinski definition) is 3. The van der Waals surface area contributed by atoms with Crippen molar-refractivity contribution in [1.82, 2.24) is 10.2 Å². The van der Waals surface area contributed by atoms with Gasteiger partial charge in [0.2, 0.25) is 0 Å². The summed E-state index contributed by atoms with van der Waals surface area (Å²) in [7, 11) is 0. The van der Waals surface area contributed by atoms with Gasteiger partial charge in [0.25, 0.3) is 0 Å². The molecule has 0 aromatic heterocycles. The number of nitrogens with one attached hydrogen (secondary N) is 1. The van der Waals surface area contributed by atoms with Gasteiger partial charge in [0.15, 0.2) is 0 Å². The van der Waals surface area contributed by atoms with Crippen LogP contribution >= 0.6 is 0 Å². The van der Waals surface area contributed by atoms with Gasteiger partial charge in [0.05, 0.1) is 18.6 Å². The molecule has 1 saturated heterocycles. The van der Waals surface area contributed by atoms with E-state index in [2.05, 4.69) is 5.32 Å². The number of ether oxygens (including phenoxy) is 1. The zero-order valence-corrected chi connectivity index (χ0v) is 12.0. The maximum Gasteiger partial charge on any atom is 0.317 e. The van der Waals surface area contributed by atoms with Crippen LogP contribution in [0.5, 0.6) is 0 Å². The summed E-state index contributed by atoms with van der Waals surface area (Å²) in [5.41, 5.74) is 0. The van der Waals surface area contributed by atoms with Crippen LogP contribution < -0.4 is 5.32 Å². The Kier molecular flexibility index (Phi) is 5.23. The molecule has 1 heterocycles. The third-order valence-electron chi connectivity index (χ3n) is 4.27. The molecule has 0 aromatic carbocycles. The molecule has 6 nitrogen and oxygen atoms in total. The second-order valence-corrected chi connectivity index (χ2v) is 5.63. The lowest BCUT2D eigenvalue weighted by atomic mass is 9.84. The summed E-state index contributed by atoms with van der Waals surface area (Å²) in [5, 5.41) is 12.1. The molecule has 2 amide bonds. The van der Waals surface area contributed by atoms with E-state index in [9.17, 15) is 14.7 Å². The highest BCUT2D eigenvalue weighted by molar-refractivity contribution is 5.77. The van der Waals surface area contributed by atoms with Gasteiger partial charge in [-0.25, -0.2) is 4.79 Å². The Morgan fingerprint density at radius 2 is 2.10 bits per heavy atom. The number of morpholine rings is 1. The van der Waals surface area contributed by atoms with Crippen LogP contribution in [0, 0.1) is 5.92 Å². The van der Waals surface area contributed by atoms with Crippen molar-refractivity contribution in [3.05, 3.63) is 0 Å². The Balaban J connectivity index is 1.90. The topological polar surface area (TPSA) is 78.9 Å². The molecule has 2 aliphatic rings. The Bertz CT molecular complexity index is 361. The number of hydrogen-bond donors (Lipinski definition) is 2. The first-order valence-corrected chi connectivity index (χ1v) is 7.51. The predicted octanol–water partition coefficient (Wildman–Crippen LogP) is 1.45. The van der Waals surface area contributed by atoms with Crippen molar-refractivity contribution in [2.75, 3.05) is 19.7 Å². The van der Waals surface area contributed by atoms with Crippen molar-refractivity contribution in [3.8, 4) is 0 Å². The quantitative estimate of drug-likeness (QED) is 0.822. The SMILES string of the molecule is CCC1CN(C(=O)NC2CCCCC2C(=O)O)CCO1. The molecule has 3 unspecified atom stereocenters. The van der Waals surface area contributed by atoms with Gasteiger partial charge in [-0.05, 0) is 19.3 Å². The van der Waals surface area contributed by atoms with E-state index >= 15 is 0 Å². The smallest absolute Gasteiger partial charge is 0.317 e. The van der Waals surface area contributed by atoms with Crippen LogP contribution in [-0.2, 0) is 9.53 Å². The number of urea groups is 1. The molecule has 114 valence electrons. The van der Waals surface area contributed by atoms with Crippen LogP contribution in [-0.4, -0.2) is 53.8 Å².